The summed E-state index contributed by atoms with van der Waals surface area (Å²) in [4.78, 5) is 102. The molecule has 2 aromatic heterocycles. The minimum absolute atomic E-state index is 0. The van der Waals surface area contributed by atoms with E-state index in [0.29, 0.717) is 27.4 Å². The number of pyridine rings is 1. The average Bonchev–Trinajstić information content (AvgIpc) is 4.26. The highest BCUT2D eigenvalue weighted by molar-refractivity contribution is 8.01. The number of aromatic nitrogens is 2. The number of thiazole rings is 1. The van der Waals surface area contributed by atoms with Crippen LogP contribution in [0.25, 0.3) is 0 Å². The molecule has 0 spiro atoms. The molecule has 3 N–H and O–H groups in total. The number of ether oxygens (including phenoxy) is 3. The lowest BCUT2D eigenvalue weighted by atomic mass is 9.77. The highest BCUT2D eigenvalue weighted by Crippen LogP contribution is 2.56. The van der Waals surface area contributed by atoms with Gasteiger partial charge < -0.3 is 53.2 Å². The number of amides is 2. The van der Waals surface area contributed by atoms with Gasteiger partial charge in [-0.15, -0.1) is 34.9 Å². The molecule has 2 aliphatic heterocycles. The van der Waals surface area contributed by atoms with Gasteiger partial charge >= 0.3 is 29.8 Å². The van der Waals surface area contributed by atoms with E-state index in [-0.39, 0.29) is 58.3 Å². The van der Waals surface area contributed by atoms with Crippen LogP contribution in [-0.4, -0.2) is 76.6 Å². The summed E-state index contributed by atoms with van der Waals surface area (Å²) in [6, 6.07) is 56.1. The van der Waals surface area contributed by atoms with Gasteiger partial charge in [-0.25, -0.2) is 9.78 Å². The number of anilines is 1. The molecule has 85 heavy (non-hydrogen) atoms. The maximum atomic E-state index is 15.2. The van der Waals surface area contributed by atoms with Crippen LogP contribution in [0.4, 0.5) is 5.13 Å². The summed E-state index contributed by atoms with van der Waals surface area (Å²) in [5, 5.41) is 7.74. The highest BCUT2D eigenvalue weighted by atomic mass is 127. The van der Waals surface area contributed by atoms with Gasteiger partial charge in [-0.1, -0.05) is 168 Å². The number of β-lactam (4-membered cyclic amide) rings is 1. The lowest BCUT2D eigenvalue weighted by Gasteiger charge is -2.50. The van der Waals surface area contributed by atoms with Crippen molar-refractivity contribution in [3.05, 3.63) is 250 Å². The van der Waals surface area contributed by atoms with Gasteiger partial charge in [0.1, 0.15) is 29.4 Å². The molecule has 22 heteroatoms. The summed E-state index contributed by atoms with van der Waals surface area (Å²) in [5.74, 6) is -6.79. The van der Waals surface area contributed by atoms with Crippen LogP contribution < -0.4 is 54.3 Å². The summed E-state index contributed by atoms with van der Waals surface area (Å²) < 4.78 is 19.0. The maximum Gasteiger partial charge on any atom is 0.379 e. The topological polar surface area (TPSA) is 217 Å². The molecule has 3 atom stereocenters. The second-order valence-electron chi connectivity index (χ2n) is 18.9. The van der Waals surface area contributed by atoms with E-state index >= 15 is 4.79 Å². The largest absolute Gasteiger partial charge is 1.00 e. The molecule has 0 saturated carbocycles. The van der Waals surface area contributed by atoms with E-state index in [9.17, 15) is 24.0 Å². The summed E-state index contributed by atoms with van der Waals surface area (Å²) in [5.41, 5.74) is 8.50. The summed E-state index contributed by atoms with van der Waals surface area (Å²) in [7, 11) is 3.01. The third kappa shape index (κ3) is 13.4. The normalized spacial score (nSPS) is 15.5. The molecular formula is C63H54IN7O11S3. The maximum absolute atomic E-state index is 15.2. The van der Waals surface area contributed by atoms with Crippen molar-refractivity contribution >= 4 is 81.4 Å². The minimum atomic E-state index is -1.45. The van der Waals surface area contributed by atoms with Crippen molar-refractivity contribution in [1.29, 1.82) is 0 Å². The number of oxime groups is 1. The number of fused-ring (bicyclic) bond motifs is 1. The number of thioether (sulfide) groups is 2. The number of halogens is 1. The Morgan fingerprint density at radius 3 is 1.81 bits per heavy atom. The van der Waals surface area contributed by atoms with E-state index in [2.05, 4.69) is 21.4 Å². The Labute approximate surface area is 518 Å². The summed E-state index contributed by atoms with van der Waals surface area (Å²) >= 11 is 3.70. The van der Waals surface area contributed by atoms with Crippen molar-refractivity contribution in [1.82, 2.24) is 15.4 Å². The molecule has 2 amide bonds. The molecule has 1 unspecified atom stereocenters. The zero-order chi connectivity index (χ0) is 58.7. The molecule has 1 saturated heterocycles. The zero-order valence-corrected chi connectivity index (χ0v) is 50.6. The quantitative estimate of drug-likeness (QED) is 0.00715. The molecule has 8 aromatic rings. The molecule has 0 radical (unpaired) electrons. The van der Waals surface area contributed by atoms with Crippen LogP contribution in [0.15, 0.2) is 221 Å². The van der Waals surface area contributed by atoms with E-state index in [1.807, 2.05) is 164 Å². The predicted molar refractivity (Wildman–Crippen MR) is 317 cm³/mol. The molecule has 18 nitrogen and oxygen atoms in total. The van der Waals surface area contributed by atoms with Crippen LogP contribution in [0.2, 0.25) is 0 Å². The first-order valence-corrected chi connectivity index (χ1v) is 29.1. The fourth-order valence-electron chi connectivity index (χ4n) is 9.83. The number of hydrogen-bond donors (Lipinski definition) is 3. The fraction of sp³-hybridized carbons (Fsp3) is 0.159. The van der Waals surface area contributed by atoms with Crippen LogP contribution in [0.1, 0.15) is 64.3 Å². The number of hydrogen-bond acceptors (Lipinski definition) is 18. The van der Waals surface area contributed by atoms with E-state index in [1.165, 1.54) is 72.9 Å². The van der Waals surface area contributed by atoms with Gasteiger partial charge in [0.25, 0.3) is 0 Å². The van der Waals surface area contributed by atoms with Crippen molar-refractivity contribution in [2.75, 3.05) is 30.7 Å². The van der Waals surface area contributed by atoms with Crippen LogP contribution in [0, 0.1) is 5.92 Å². The van der Waals surface area contributed by atoms with Crippen molar-refractivity contribution in [2.24, 2.45) is 11.1 Å². The lowest BCUT2D eigenvalue weighted by molar-refractivity contribution is -0.647. The zero-order valence-electron chi connectivity index (χ0n) is 46.0. The second kappa shape index (κ2) is 27.7. The molecule has 4 heterocycles. The van der Waals surface area contributed by atoms with Gasteiger partial charge in [0.2, 0.25) is 18.3 Å². The molecule has 0 bridgehead atoms. The molecule has 432 valence electrons. The highest BCUT2D eigenvalue weighted by Gasteiger charge is 2.60. The first-order chi connectivity index (χ1) is 40.9. The molecule has 0 aliphatic carbocycles. The molecular weight excluding hydrogens is 1250 g/mol. The SMILES string of the molecule is CN[n+]1ccc(SCC2=C(C(=O)ONC(=O)/C(=N\OC)c3csc(NC(c4ccccc4)(c4ccccc4)c4ccccc4)n3)N3C(=O)C(C(=O)OC(c4ccccc4)c4ccccc4)[C@@H]3S[C@H]2c2ccc(OC(C)=O)c(OC(C)=O)c2)cc1.[I-]. The first kappa shape index (κ1) is 60.7. The van der Waals surface area contributed by atoms with E-state index in [4.69, 9.17) is 28.9 Å². The van der Waals surface area contributed by atoms with Crippen molar-refractivity contribution < 1.29 is 81.3 Å². The van der Waals surface area contributed by atoms with Gasteiger partial charge in [-0.2, -0.15) is 10.9 Å². The summed E-state index contributed by atoms with van der Waals surface area (Å²) in [6.45, 7) is 2.39. The third-order valence-electron chi connectivity index (χ3n) is 13.6. The first-order valence-electron chi connectivity index (χ1n) is 26.2. The number of esters is 3. The van der Waals surface area contributed by atoms with E-state index in [0.717, 1.165) is 21.6 Å². The number of carbonyl (C=O) groups is 6. The number of rotatable bonds is 20. The van der Waals surface area contributed by atoms with Gasteiger partial charge in [0.05, 0.1) is 12.3 Å². The van der Waals surface area contributed by atoms with Crippen LogP contribution in [-0.2, 0) is 48.7 Å². The Kier molecular flexibility index (Phi) is 19.8. The monoisotopic (exact) mass is 1310 g/mol. The van der Waals surface area contributed by atoms with Crippen LogP contribution in [0.3, 0.4) is 0 Å². The Hall–Kier alpha value is -8.84. The van der Waals surface area contributed by atoms with Gasteiger partial charge in [-0.3, -0.25) is 28.9 Å². The number of hydroxylamine groups is 1. The molecule has 2 aliphatic rings. The smallest absolute Gasteiger partial charge is 0.379 e. The van der Waals surface area contributed by atoms with Crippen molar-refractivity contribution in [2.45, 2.75) is 41.0 Å². The van der Waals surface area contributed by atoms with Gasteiger partial charge in [0, 0.05) is 42.0 Å². The number of nitrogens with zero attached hydrogens (tertiary/aromatic N) is 4. The Bertz CT molecular complexity index is 3640. The minimum Gasteiger partial charge on any atom is -1.00 e. The van der Waals surface area contributed by atoms with Crippen LogP contribution >= 0.6 is 34.9 Å². The fourth-order valence-corrected chi connectivity index (χ4v) is 13.3. The Morgan fingerprint density at radius 1 is 0.741 bits per heavy atom. The van der Waals surface area contributed by atoms with E-state index < -0.39 is 63.9 Å². The standard InChI is InChI=1S/C63H53N7O11S3.HI/c1-39(71)78-50-31-30-43(36-51(50)79-40(2)72)56-48(37-82-47-32-34-69(64-3)35-33-47)54(70-58(74)52(59(70)84-56)60(75)80-55(41-20-10-5-11-21-41)42-22-12-6-13-23-42)61(76)81-68-57(73)53(67-77-4)49-38-83-62(65-49)66-63(44-24-14-7-15-25-44,45-26-16-8-17-27-45)46-28-18-9-19-29-46;/h5-36,38,52,55-56,59,64H,37H2,1-4H3,(H-,65,66,68,73);1H/b67-53-;/t52?,56-,59-;/m0./s1. The molecule has 6 aromatic carbocycles. The molecule has 10 rings (SSSR count). The van der Waals surface area contributed by atoms with Crippen molar-refractivity contribution in [3.63, 3.8) is 0 Å². The van der Waals surface area contributed by atoms with Crippen LogP contribution in [0.5, 0.6) is 11.5 Å². The Morgan fingerprint density at radius 2 is 1.28 bits per heavy atom. The van der Waals surface area contributed by atoms with Gasteiger partial charge in [0.15, 0.2) is 34.4 Å². The second-order valence-corrected chi connectivity index (χ2v) is 22.0. The summed E-state index contributed by atoms with van der Waals surface area (Å²) in [6.07, 6.45) is 2.68. The van der Waals surface area contributed by atoms with Crippen molar-refractivity contribution in [3.8, 4) is 11.5 Å². The van der Waals surface area contributed by atoms with Gasteiger partial charge in [-0.05, 0) is 51.1 Å². The number of carbonyl (C=O) groups excluding carboxylic acids is 6. The third-order valence-corrected chi connectivity index (χ3v) is 17.0. The average molecular weight is 1310 g/mol. The lowest BCUT2D eigenvalue weighted by Crippen LogP contribution is -3.00. The number of benzene rings is 6. The predicted octanol–water partition coefficient (Wildman–Crippen LogP) is 6.44. The molecule has 1 fully saturated rings. The number of nitrogens with one attached hydrogen (secondary N) is 3. The van der Waals surface area contributed by atoms with E-state index in [1.54, 1.807) is 35.6 Å². The Balaban J connectivity index is 0.00000865.